The van der Waals surface area contributed by atoms with E-state index in [4.69, 9.17) is 18.2 Å². The standard InChI is InChI=1S/C55H34N2O3/c1-3-14-35(15-4-1)41-20-7-9-25-46(41)57(39-30-28-36(29-31-39)43-23-12-24-45-44-21-8-10-26-47(44)59-54(43)45)40-19-11-18-38(34-40)42-22-13-27-48-51(42)52-49(58-48)32-33-50-53(52)56-55(60-50)37-16-5-2-6-17-37/h1-34H. The van der Waals surface area contributed by atoms with E-state index < -0.39 is 0 Å². The van der Waals surface area contributed by atoms with Gasteiger partial charge in [-0.05, 0) is 89.0 Å². The minimum Gasteiger partial charge on any atom is -0.456 e. The van der Waals surface area contributed by atoms with Gasteiger partial charge in [0.25, 0.3) is 0 Å². The molecule has 282 valence electrons. The maximum Gasteiger partial charge on any atom is 0.227 e. The van der Waals surface area contributed by atoms with Gasteiger partial charge in [0.05, 0.1) is 11.1 Å². The van der Waals surface area contributed by atoms with E-state index in [1.54, 1.807) is 0 Å². The first kappa shape index (κ1) is 33.9. The zero-order chi connectivity index (χ0) is 39.6. The van der Waals surface area contributed by atoms with Gasteiger partial charge in [-0.1, -0.05) is 140 Å². The molecule has 12 aromatic rings. The maximum absolute atomic E-state index is 6.51. The summed E-state index contributed by atoms with van der Waals surface area (Å²) >= 11 is 0. The van der Waals surface area contributed by atoms with Gasteiger partial charge in [0, 0.05) is 44.2 Å². The summed E-state index contributed by atoms with van der Waals surface area (Å²) < 4.78 is 19.3. The molecule has 12 rings (SSSR count). The molecule has 9 aromatic carbocycles. The number of furan rings is 2. The Morgan fingerprint density at radius 3 is 1.83 bits per heavy atom. The van der Waals surface area contributed by atoms with Crippen LogP contribution in [0.3, 0.4) is 0 Å². The van der Waals surface area contributed by atoms with E-state index >= 15 is 0 Å². The van der Waals surface area contributed by atoms with E-state index in [0.29, 0.717) is 5.89 Å². The Morgan fingerprint density at radius 1 is 0.350 bits per heavy atom. The van der Waals surface area contributed by atoms with Crippen molar-refractivity contribution in [2.45, 2.75) is 0 Å². The van der Waals surface area contributed by atoms with Crippen LogP contribution in [0.5, 0.6) is 0 Å². The van der Waals surface area contributed by atoms with Crippen molar-refractivity contribution < 1.29 is 13.3 Å². The number of rotatable bonds is 7. The van der Waals surface area contributed by atoms with Crippen LogP contribution in [0.25, 0.3) is 99.8 Å². The van der Waals surface area contributed by atoms with Crippen LogP contribution in [0, 0.1) is 0 Å². The van der Waals surface area contributed by atoms with Gasteiger partial charge < -0.3 is 18.2 Å². The van der Waals surface area contributed by atoms with Crippen LogP contribution < -0.4 is 4.90 Å². The Bertz CT molecular complexity index is 3540. The number of oxazole rings is 1. The molecule has 0 spiro atoms. The summed E-state index contributed by atoms with van der Waals surface area (Å²) in [6.07, 6.45) is 0. The van der Waals surface area contributed by atoms with Crippen molar-refractivity contribution >= 4 is 72.0 Å². The molecule has 0 aliphatic rings. The summed E-state index contributed by atoms with van der Waals surface area (Å²) in [5, 5.41) is 4.18. The van der Waals surface area contributed by atoms with E-state index in [-0.39, 0.29) is 0 Å². The molecule has 5 heteroatoms. The summed E-state index contributed by atoms with van der Waals surface area (Å²) in [7, 11) is 0. The molecule has 0 atom stereocenters. The lowest BCUT2D eigenvalue weighted by molar-refractivity contribution is 0.619. The topological polar surface area (TPSA) is 55.6 Å². The average molecular weight is 771 g/mol. The number of aromatic nitrogens is 1. The van der Waals surface area contributed by atoms with Gasteiger partial charge in [0.15, 0.2) is 5.58 Å². The van der Waals surface area contributed by atoms with Crippen molar-refractivity contribution in [1.29, 1.82) is 0 Å². The number of fused-ring (bicyclic) bond motifs is 8. The van der Waals surface area contributed by atoms with E-state index in [9.17, 15) is 0 Å². The summed E-state index contributed by atoms with van der Waals surface area (Å²) in [5.74, 6) is 0.583. The number of anilines is 3. The summed E-state index contributed by atoms with van der Waals surface area (Å²) in [6, 6.07) is 71.6. The second-order valence-corrected chi connectivity index (χ2v) is 15.0. The van der Waals surface area contributed by atoms with Gasteiger partial charge in [0.1, 0.15) is 27.8 Å². The molecule has 0 bridgehead atoms. The SMILES string of the molecule is c1ccc(-c2nc3c(ccc4oc5cccc(-c6cccc(N(c7ccc(-c8cccc9c8oc8ccccc89)cc7)c7ccccc7-c7ccccc7)c6)c5c43)o2)cc1. The first-order chi connectivity index (χ1) is 29.7. The number of hydrogen-bond donors (Lipinski definition) is 0. The monoisotopic (exact) mass is 770 g/mol. The fraction of sp³-hybridized carbons (Fsp3) is 0. The number of benzene rings is 9. The van der Waals surface area contributed by atoms with Gasteiger partial charge in [-0.15, -0.1) is 0 Å². The highest BCUT2D eigenvalue weighted by Gasteiger charge is 2.22. The Kier molecular flexibility index (Phi) is 7.78. The van der Waals surface area contributed by atoms with Crippen LogP contribution in [0.4, 0.5) is 17.1 Å². The second-order valence-electron chi connectivity index (χ2n) is 15.0. The van der Waals surface area contributed by atoms with Crippen LogP contribution in [-0.2, 0) is 0 Å². The minimum atomic E-state index is 0.583. The van der Waals surface area contributed by atoms with Gasteiger partial charge in [0.2, 0.25) is 5.89 Å². The van der Waals surface area contributed by atoms with Crippen molar-refractivity contribution in [3.8, 4) is 44.8 Å². The van der Waals surface area contributed by atoms with Crippen molar-refractivity contribution in [2.75, 3.05) is 4.90 Å². The predicted octanol–water partition coefficient (Wildman–Crippen LogP) is 15.8. The lowest BCUT2D eigenvalue weighted by Crippen LogP contribution is -2.11. The van der Waals surface area contributed by atoms with Crippen LogP contribution in [0.1, 0.15) is 0 Å². The Balaban J connectivity index is 1.03. The molecule has 0 unspecified atom stereocenters. The van der Waals surface area contributed by atoms with Gasteiger partial charge >= 0.3 is 0 Å². The number of hydrogen-bond acceptors (Lipinski definition) is 5. The van der Waals surface area contributed by atoms with Crippen LogP contribution in [0.2, 0.25) is 0 Å². The molecule has 0 saturated heterocycles. The molecule has 0 amide bonds. The van der Waals surface area contributed by atoms with E-state index in [0.717, 1.165) is 111 Å². The smallest absolute Gasteiger partial charge is 0.227 e. The molecule has 0 aliphatic carbocycles. The molecule has 5 nitrogen and oxygen atoms in total. The molecular weight excluding hydrogens is 737 g/mol. The van der Waals surface area contributed by atoms with E-state index in [1.165, 1.54) is 0 Å². The molecule has 3 heterocycles. The zero-order valence-electron chi connectivity index (χ0n) is 32.2. The maximum atomic E-state index is 6.51. The lowest BCUT2D eigenvalue weighted by atomic mass is 9.97. The first-order valence-electron chi connectivity index (χ1n) is 20.1. The second kappa shape index (κ2) is 13.8. The van der Waals surface area contributed by atoms with Crippen molar-refractivity contribution in [1.82, 2.24) is 4.98 Å². The summed E-state index contributed by atoms with van der Waals surface area (Å²) in [5.41, 5.74) is 15.4. The third kappa shape index (κ3) is 5.52. The Morgan fingerprint density at radius 2 is 0.967 bits per heavy atom. The van der Waals surface area contributed by atoms with Gasteiger partial charge in [-0.25, -0.2) is 4.98 Å². The third-order valence-corrected chi connectivity index (χ3v) is 11.5. The predicted molar refractivity (Wildman–Crippen MR) is 245 cm³/mol. The fourth-order valence-electron chi connectivity index (χ4n) is 8.77. The van der Waals surface area contributed by atoms with E-state index in [2.05, 4.69) is 150 Å². The van der Waals surface area contributed by atoms with Crippen LogP contribution in [0.15, 0.2) is 220 Å². The van der Waals surface area contributed by atoms with Crippen molar-refractivity contribution in [2.24, 2.45) is 0 Å². The molecular formula is C55H34N2O3. The third-order valence-electron chi connectivity index (χ3n) is 11.5. The molecule has 0 saturated carbocycles. The van der Waals surface area contributed by atoms with Crippen molar-refractivity contribution in [3.05, 3.63) is 206 Å². The highest BCUT2D eigenvalue weighted by Crippen LogP contribution is 2.45. The quantitative estimate of drug-likeness (QED) is 0.162. The molecule has 60 heavy (non-hydrogen) atoms. The molecule has 3 aromatic heterocycles. The van der Waals surface area contributed by atoms with Crippen LogP contribution >= 0.6 is 0 Å². The minimum absolute atomic E-state index is 0.583. The summed E-state index contributed by atoms with van der Waals surface area (Å²) in [4.78, 5) is 7.40. The average Bonchev–Trinajstić information content (AvgIpc) is 4.04. The van der Waals surface area contributed by atoms with Gasteiger partial charge in [-0.3, -0.25) is 0 Å². The lowest BCUT2D eigenvalue weighted by Gasteiger charge is -2.28. The molecule has 0 radical (unpaired) electrons. The highest BCUT2D eigenvalue weighted by atomic mass is 16.4. The molecule has 0 N–H and O–H groups in total. The zero-order valence-corrected chi connectivity index (χ0v) is 32.2. The largest absolute Gasteiger partial charge is 0.456 e. The summed E-state index contributed by atoms with van der Waals surface area (Å²) in [6.45, 7) is 0. The number of para-hydroxylation sites is 3. The van der Waals surface area contributed by atoms with E-state index in [1.807, 2.05) is 60.7 Å². The molecule has 0 aliphatic heterocycles. The van der Waals surface area contributed by atoms with Crippen LogP contribution in [-0.4, -0.2) is 4.98 Å². The Labute approximate surface area is 345 Å². The highest BCUT2D eigenvalue weighted by molar-refractivity contribution is 6.21. The fourth-order valence-corrected chi connectivity index (χ4v) is 8.77. The Hall–Kier alpha value is -8.15. The van der Waals surface area contributed by atoms with Crippen molar-refractivity contribution in [3.63, 3.8) is 0 Å². The normalized spacial score (nSPS) is 11.7. The van der Waals surface area contributed by atoms with Gasteiger partial charge in [-0.2, -0.15) is 0 Å². The first-order valence-corrected chi connectivity index (χ1v) is 20.1. The molecule has 0 fully saturated rings. The number of nitrogens with zero attached hydrogens (tertiary/aromatic N) is 2.